The van der Waals surface area contributed by atoms with E-state index in [0.717, 1.165) is 0 Å². The molecular formula is C8H10NO6P. The predicted octanol–water partition coefficient (Wildman–Crippen LogP) is 0.753. The molecule has 0 unspecified atom stereocenters. The first-order valence-corrected chi connectivity index (χ1v) is 5.67. The second kappa shape index (κ2) is 4.98. The highest BCUT2D eigenvalue weighted by atomic mass is 31.2. The van der Waals surface area contributed by atoms with Crippen LogP contribution in [0.5, 0.6) is 5.75 Å². The van der Waals surface area contributed by atoms with Crippen LogP contribution in [-0.2, 0) is 15.9 Å². The fourth-order valence-electron chi connectivity index (χ4n) is 0.989. The molecule has 4 N–H and O–H groups in total. The first kappa shape index (κ1) is 12.5. The Bertz CT molecular complexity index is 428. The highest BCUT2D eigenvalue weighted by Crippen LogP contribution is 2.39. The van der Waals surface area contributed by atoms with Crippen molar-refractivity contribution in [1.82, 2.24) is 0 Å². The summed E-state index contributed by atoms with van der Waals surface area (Å²) in [5.74, 6) is -0.0583. The number of hydrogen-bond donors (Lipinski definition) is 3. The lowest BCUT2D eigenvalue weighted by atomic mass is 10.2. The molecule has 0 heterocycles. The van der Waals surface area contributed by atoms with E-state index in [9.17, 15) is 9.36 Å². The zero-order valence-electron chi connectivity index (χ0n) is 8.07. The van der Waals surface area contributed by atoms with Gasteiger partial charge in [0.25, 0.3) is 0 Å². The normalized spacial score (nSPS) is 10.9. The summed E-state index contributed by atoms with van der Waals surface area (Å²) >= 11 is 0. The monoisotopic (exact) mass is 247 g/mol. The van der Waals surface area contributed by atoms with E-state index < -0.39 is 13.9 Å². The molecule has 0 aliphatic heterocycles. The molecule has 0 fully saturated rings. The summed E-state index contributed by atoms with van der Waals surface area (Å²) < 4.78 is 19.5. The molecule has 1 aromatic carbocycles. The number of benzene rings is 1. The Labute approximate surface area is 91.0 Å². The Morgan fingerprint density at radius 1 is 1.38 bits per heavy atom. The number of nitrogens with two attached hydrogens (primary N) is 1. The Balaban J connectivity index is 2.83. The van der Waals surface area contributed by atoms with Crippen molar-refractivity contribution < 1.29 is 28.4 Å². The van der Waals surface area contributed by atoms with Crippen LogP contribution in [0.4, 0.5) is 4.79 Å². The van der Waals surface area contributed by atoms with Gasteiger partial charge in [0.15, 0.2) is 0 Å². The molecule has 1 aromatic rings. The molecule has 16 heavy (non-hydrogen) atoms. The molecule has 1 amide bonds. The first-order valence-electron chi connectivity index (χ1n) is 4.14. The van der Waals surface area contributed by atoms with Crippen LogP contribution in [0, 0.1) is 0 Å². The van der Waals surface area contributed by atoms with Crippen LogP contribution in [0.3, 0.4) is 0 Å². The van der Waals surface area contributed by atoms with Crippen molar-refractivity contribution in [3.63, 3.8) is 0 Å². The lowest BCUT2D eigenvalue weighted by molar-refractivity contribution is 0.149. The number of primary amides is 1. The quantitative estimate of drug-likeness (QED) is 0.675. The maximum absolute atomic E-state index is 10.6. The van der Waals surface area contributed by atoms with Crippen molar-refractivity contribution in [2.45, 2.75) is 6.61 Å². The maximum atomic E-state index is 10.6. The molecule has 0 bridgehead atoms. The van der Waals surface area contributed by atoms with Gasteiger partial charge in [0, 0.05) is 5.56 Å². The zero-order chi connectivity index (χ0) is 12.2. The van der Waals surface area contributed by atoms with Gasteiger partial charge in [0.05, 0.1) is 0 Å². The van der Waals surface area contributed by atoms with Crippen molar-refractivity contribution in [1.29, 1.82) is 0 Å². The number of carbonyl (C=O) groups is 1. The highest BCUT2D eigenvalue weighted by molar-refractivity contribution is 7.46. The van der Waals surface area contributed by atoms with E-state index in [1.807, 2.05) is 0 Å². The summed E-state index contributed by atoms with van der Waals surface area (Å²) in [6.45, 7) is -0.217. The second-order valence-corrected chi connectivity index (χ2v) is 3.96. The van der Waals surface area contributed by atoms with Crippen molar-refractivity contribution >= 4 is 13.9 Å². The van der Waals surface area contributed by atoms with Gasteiger partial charge in [-0.15, -0.1) is 0 Å². The van der Waals surface area contributed by atoms with E-state index in [1.54, 1.807) is 6.07 Å². The fraction of sp³-hybridized carbons (Fsp3) is 0.125. The van der Waals surface area contributed by atoms with Crippen LogP contribution in [0.2, 0.25) is 0 Å². The van der Waals surface area contributed by atoms with Gasteiger partial charge in [-0.2, -0.15) is 0 Å². The fourth-order valence-corrected chi connectivity index (χ4v) is 1.42. The van der Waals surface area contributed by atoms with Gasteiger partial charge < -0.3 is 15.0 Å². The van der Waals surface area contributed by atoms with Gasteiger partial charge in [-0.3, -0.25) is 9.79 Å². The Hall–Kier alpha value is -1.56. The number of amides is 1. The largest absolute Gasteiger partial charge is 0.524 e. The molecule has 0 radical (unpaired) electrons. The third kappa shape index (κ3) is 4.31. The lowest BCUT2D eigenvalue weighted by Gasteiger charge is -2.11. The summed E-state index contributed by atoms with van der Waals surface area (Å²) in [5, 5.41) is 0. The lowest BCUT2D eigenvalue weighted by Crippen LogP contribution is -2.12. The molecule has 0 aromatic heterocycles. The second-order valence-electron chi connectivity index (χ2n) is 2.80. The van der Waals surface area contributed by atoms with Gasteiger partial charge in [0.1, 0.15) is 12.4 Å². The summed E-state index contributed by atoms with van der Waals surface area (Å²) in [4.78, 5) is 27.6. The first-order chi connectivity index (χ1) is 7.38. The van der Waals surface area contributed by atoms with Crippen molar-refractivity contribution in [3.8, 4) is 5.75 Å². The van der Waals surface area contributed by atoms with Gasteiger partial charge in [-0.25, -0.2) is 9.36 Å². The molecule has 0 spiro atoms. The number of hydrogen-bond acceptors (Lipinski definition) is 4. The van der Waals surface area contributed by atoms with Crippen LogP contribution < -0.4 is 10.3 Å². The van der Waals surface area contributed by atoms with Crippen LogP contribution in [-0.4, -0.2) is 15.9 Å². The highest BCUT2D eigenvalue weighted by Gasteiger charge is 2.18. The minimum Gasteiger partial charge on any atom is -0.445 e. The SMILES string of the molecule is NC(=O)OCc1ccccc1OP(=O)(O)O. The average molecular weight is 247 g/mol. The Morgan fingerprint density at radius 2 is 2.00 bits per heavy atom. The minimum absolute atomic E-state index is 0.0583. The molecule has 8 heteroatoms. The smallest absolute Gasteiger partial charge is 0.445 e. The Kier molecular flexibility index (Phi) is 3.89. The van der Waals surface area contributed by atoms with Crippen LogP contribution >= 0.6 is 7.82 Å². The molecule has 7 nitrogen and oxygen atoms in total. The number of carbonyl (C=O) groups excluding carboxylic acids is 1. The van der Waals surface area contributed by atoms with Crippen LogP contribution in [0.1, 0.15) is 5.56 Å². The van der Waals surface area contributed by atoms with Gasteiger partial charge in [-0.05, 0) is 6.07 Å². The topological polar surface area (TPSA) is 119 Å². The molecule has 0 aliphatic carbocycles. The van der Waals surface area contributed by atoms with Gasteiger partial charge >= 0.3 is 13.9 Å². The maximum Gasteiger partial charge on any atom is 0.524 e. The molecule has 0 saturated heterocycles. The molecule has 0 saturated carbocycles. The Morgan fingerprint density at radius 3 is 2.56 bits per heavy atom. The van der Waals surface area contributed by atoms with Crippen LogP contribution in [0.15, 0.2) is 24.3 Å². The summed E-state index contributed by atoms with van der Waals surface area (Å²) in [6.07, 6.45) is -0.981. The van der Waals surface area contributed by atoms with Gasteiger partial charge in [-0.1, -0.05) is 18.2 Å². The molecular weight excluding hydrogens is 237 g/mol. The third-order valence-corrected chi connectivity index (χ3v) is 1.99. The number of para-hydroxylation sites is 1. The van der Waals surface area contributed by atoms with E-state index >= 15 is 0 Å². The molecule has 88 valence electrons. The van der Waals surface area contributed by atoms with E-state index in [-0.39, 0.29) is 12.4 Å². The number of phosphoric ester groups is 1. The van der Waals surface area contributed by atoms with Gasteiger partial charge in [0.2, 0.25) is 0 Å². The molecule has 0 aliphatic rings. The van der Waals surface area contributed by atoms with Crippen LogP contribution in [0.25, 0.3) is 0 Å². The number of ether oxygens (including phenoxy) is 1. The van der Waals surface area contributed by atoms with E-state index in [2.05, 4.69) is 9.26 Å². The van der Waals surface area contributed by atoms with Crippen molar-refractivity contribution in [2.75, 3.05) is 0 Å². The van der Waals surface area contributed by atoms with E-state index in [0.29, 0.717) is 5.56 Å². The van der Waals surface area contributed by atoms with Crippen molar-refractivity contribution in [3.05, 3.63) is 29.8 Å². The zero-order valence-corrected chi connectivity index (χ0v) is 8.96. The predicted molar refractivity (Wildman–Crippen MR) is 53.5 cm³/mol. The number of rotatable bonds is 4. The number of phosphoric acid groups is 1. The average Bonchev–Trinajstić information content (AvgIpc) is 2.14. The van der Waals surface area contributed by atoms with Crippen molar-refractivity contribution in [2.24, 2.45) is 5.73 Å². The molecule has 0 atom stereocenters. The van der Waals surface area contributed by atoms with E-state index in [1.165, 1.54) is 18.2 Å². The summed E-state index contributed by atoms with van der Waals surface area (Å²) in [6, 6.07) is 5.97. The minimum atomic E-state index is -4.63. The summed E-state index contributed by atoms with van der Waals surface area (Å²) in [7, 11) is -4.63. The van der Waals surface area contributed by atoms with E-state index in [4.69, 9.17) is 15.5 Å². The standard InChI is InChI=1S/C8H10NO6P/c9-8(10)14-5-6-3-1-2-4-7(6)15-16(11,12)13/h1-4H,5H2,(H2,9,10)(H2,11,12,13). The summed E-state index contributed by atoms with van der Waals surface area (Å²) in [5.41, 5.74) is 5.07. The third-order valence-electron chi connectivity index (χ3n) is 1.56. The molecule has 1 rings (SSSR count).